The largest absolute Gasteiger partial charge is 0.481 e. The third kappa shape index (κ3) is 2.08. The Bertz CT molecular complexity index is 507. The Morgan fingerprint density at radius 2 is 2.41 bits per heavy atom. The van der Waals surface area contributed by atoms with Crippen LogP contribution in [0, 0.1) is 25.1 Å². The minimum Gasteiger partial charge on any atom is -0.481 e. The van der Waals surface area contributed by atoms with Crippen LogP contribution in [0.2, 0.25) is 0 Å². The van der Waals surface area contributed by atoms with Crippen molar-refractivity contribution in [2.45, 2.75) is 6.92 Å². The van der Waals surface area contributed by atoms with Gasteiger partial charge in [-0.15, -0.1) is 6.42 Å². The van der Waals surface area contributed by atoms with E-state index in [1.165, 1.54) is 12.1 Å². The number of carbonyl (C=O) groups is 1. The van der Waals surface area contributed by atoms with Gasteiger partial charge >= 0.3 is 0 Å². The zero-order valence-corrected chi connectivity index (χ0v) is 9.20. The van der Waals surface area contributed by atoms with E-state index in [9.17, 15) is 9.18 Å². The van der Waals surface area contributed by atoms with Crippen LogP contribution in [-0.2, 0) is 9.63 Å². The number of ether oxygens (including phenoxy) is 1. The molecule has 0 bridgehead atoms. The van der Waals surface area contributed by atoms with Gasteiger partial charge in [-0.2, -0.15) is 5.06 Å². The molecule has 4 nitrogen and oxygen atoms in total. The summed E-state index contributed by atoms with van der Waals surface area (Å²) in [6, 6.07) is 2.71. The van der Waals surface area contributed by atoms with Gasteiger partial charge in [0.25, 0.3) is 5.91 Å². The number of fused-ring (bicyclic) bond motifs is 1. The number of terminal acetylenes is 1. The van der Waals surface area contributed by atoms with Gasteiger partial charge in [-0.25, -0.2) is 4.39 Å². The molecule has 0 spiro atoms. The normalized spacial score (nSPS) is 13.9. The minimum atomic E-state index is -0.394. The van der Waals surface area contributed by atoms with E-state index in [4.69, 9.17) is 16.0 Å². The Morgan fingerprint density at radius 1 is 1.65 bits per heavy atom. The number of halogens is 1. The van der Waals surface area contributed by atoms with Gasteiger partial charge < -0.3 is 4.74 Å². The first kappa shape index (κ1) is 11.4. The number of aryl methyl sites for hydroxylation is 1. The van der Waals surface area contributed by atoms with Gasteiger partial charge in [0.15, 0.2) is 6.61 Å². The second kappa shape index (κ2) is 4.44. The molecule has 0 saturated carbocycles. The van der Waals surface area contributed by atoms with Gasteiger partial charge in [0.2, 0.25) is 0 Å². The van der Waals surface area contributed by atoms with Gasteiger partial charge in [0, 0.05) is 6.07 Å². The average molecular weight is 235 g/mol. The molecule has 2 rings (SSSR count). The molecule has 1 amide bonds. The van der Waals surface area contributed by atoms with Crippen molar-refractivity contribution in [3.05, 3.63) is 23.5 Å². The van der Waals surface area contributed by atoms with Crippen LogP contribution >= 0.6 is 0 Å². The highest BCUT2D eigenvalue weighted by Crippen LogP contribution is 2.34. The number of benzene rings is 1. The van der Waals surface area contributed by atoms with Gasteiger partial charge in [0.1, 0.15) is 23.9 Å². The molecule has 1 heterocycles. The Morgan fingerprint density at radius 3 is 3.12 bits per heavy atom. The quantitative estimate of drug-likeness (QED) is 0.728. The lowest BCUT2D eigenvalue weighted by molar-refractivity contribution is -0.128. The Hall–Kier alpha value is -2.06. The molecule has 0 aromatic heterocycles. The monoisotopic (exact) mass is 235 g/mol. The Kier molecular flexibility index (Phi) is 2.98. The van der Waals surface area contributed by atoms with Crippen LogP contribution < -0.4 is 9.80 Å². The molecule has 0 aliphatic carbocycles. The molecule has 0 unspecified atom stereocenters. The van der Waals surface area contributed by atoms with E-state index in [0.29, 0.717) is 11.3 Å². The maximum Gasteiger partial charge on any atom is 0.288 e. The van der Waals surface area contributed by atoms with E-state index in [0.717, 1.165) is 5.06 Å². The van der Waals surface area contributed by atoms with E-state index in [2.05, 4.69) is 5.92 Å². The molecule has 0 atom stereocenters. The third-order valence-corrected chi connectivity index (χ3v) is 2.31. The van der Waals surface area contributed by atoms with E-state index >= 15 is 0 Å². The summed E-state index contributed by atoms with van der Waals surface area (Å²) >= 11 is 0. The van der Waals surface area contributed by atoms with Crippen molar-refractivity contribution in [3.63, 3.8) is 0 Å². The summed E-state index contributed by atoms with van der Waals surface area (Å²) in [6.07, 6.45) is 5.06. The highest BCUT2D eigenvalue weighted by molar-refractivity contribution is 5.96. The number of carbonyl (C=O) groups excluding carboxylic acids is 1. The first-order chi connectivity index (χ1) is 8.13. The van der Waals surface area contributed by atoms with Gasteiger partial charge in [0.05, 0.1) is 0 Å². The standard InChI is InChI=1S/C12H10FNO3/c1-3-4-17-14-10-5-8(2)9(13)6-11(10)16-7-12(14)15/h1,5-6H,4,7H2,2H3. The molecule has 88 valence electrons. The summed E-state index contributed by atoms with van der Waals surface area (Å²) in [5.41, 5.74) is 0.770. The van der Waals surface area contributed by atoms with Gasteiger partial charge in [-0.1, -0.05) is 5.92 Å². The maximum atomic E-state index is 13.3. The van der Waals surface area contributed by atoms with Crippen molar-refractivity contribution in [1.29, 1.82) is 0 Å². The SMILES string of the molecule is C#CCON1C(=O)COc2cc(F)c(C)cc21. The molecule has 1 aromatic carbocycles. The fourth-order valence-electron chi connectivity index (χ4n) is 1.50. The first-order valence-electron chi connectivity index (χ1n) is 4.95. The van der Waals surface area contributed by atoms with Crippen molar-refractivity contribution in [2.24, 2.45) is 0 Å². The van der Waals surface area contributed by atoms with Gasteiger partial charge in [-0.3, -0.25) is 9.63 Å². The molecule has 1 aliphatic heterocycles. The predicted molar refractivity (Wildman–Crippen MR) is 58.9 cm³/mol. The average Bonchev–Trinajstić information content (AvgIpc) is 2.30. The fraction of sp³-hybridized carbons (Fsp3) is 0.250. The van der Waals surface area contributed by atoms with E-state index < -0.39 is 5.82 Å². The number of anilines is 1. The zero-order chi connectivity index (χ0) is 12.4. The van der Waals surface area contributed by atoms with Crippen molar-refractivity contribution < 1.29 is 18.8 Å². The molecule has 0 N–H and O–H groups in total. The van der Waals surface area contributed by atoms with Crippen LogP contribution in [0.4, 0.5) is 10.1 Å². The van der Waals surface area contributed by atoms with Crippen LogP contribution in [0.25, 0.3) is 0 Å². The number of hydroxylamine groups is 1. The number of hydrogen-bond acceptors (Lipinski definition) is 3. The molecule has 0 radical (unpaired) electrons. The molecule has 5 heteroatoms. The highest BCUT2D eigenvalue weighted by Gasteiger charge is 2.27. The van der Waals surface area contributed by atoms with E-state index in [1.54, 1.807) is 6.92 Å². The minimum absolute atomic E-state index is 0.0401. The second-order valence-electron chi connectivity index (χ2n) is 3.52. The smallest absolute Gasteiger partial charge is 0.288 e. The van der Waals surface area contributed by atoms with Crippen molar-refractivity contribution in [1.82, 2.24) is 0 Å². The Balaban J connectivity index is 2.40. The molecular formula is C12H10FNO3. The summed E-state index contributed by atoms with van der Waals surface area (Å²) in [5.74, 6) is 1.76. The summed E-state index contributed by atoms with van der Waals surface area (Å²) in [7, 11) is 0. The third-order valence-electron chi connectivity index (χ3n) is 2.31. The predicted octanol–water partition coefficient (Wildman–Crippen LogP) is 1.42. The second-order valence-corrected chi connectivity index (χ2v) is 3.52. The molecule has 1 aromatic rings. The van der Waals surface area contributed by atoms with Crippen LogP contribution in [0.5, 0.6) is 5.75 Å². The number of nitrogens with zero attached hydrogens (tertiary/aromatic N) is 1. The molecular weight excluding hydrogens is 225 g/mol. The summed E-state index contributed by atoms with van der Waals surface area (Å²) in [5, 5.41) is 1.05. The molecule has 17 heavy (non-hydrogen) atoms. The van der Waals surface area contributed by atoms with Crippen LogP contribution in [0.15, 0.2) is 12.1 Å². The summed E-state index contributed by atoms with van der Waals surface area (Å²) < 4.78 is 18.4. The maximum absolute atomic E-state index is 13.3. The summed E-state index contributed by atoms with van der Waals surface area (Å²) in [4.78, 5) is 16.7. The highest BCUT2D eigenvalue weighted by atomic mass is 19.1. The molecule has 0 fully saturated rings. The van der Waals surface area contributed by atoms with E-state index in [1.807, 2.05) is 0 Å². The lowest BCUT2D eigenvalue weighted by atomic mass is 10.1. The number of rotatable bonds is 2. The molecule has 1 aliphatic rings. The lowest BCUT2D eigenvalue weighted by Gasteiger charge is -2.27. The number of amides is 1. The van der Waals surface area contributed by atoms with Crippen LogP contribution in [-0.4, -0.2) is 19.1 Å². The number of hydrogen-bond donors (Lipinski definition) is 0. The lowest BCUT2D eigenvalue weighted by Crippen LogP contribution is -2.39. The van der Waals surface area contributed by atoms with Crippen LogP contribution in [0.1, 0.15) is 5.56 Å². The van der Waals surface area contributed by atoms with Crippen LogP contribution in [0.3, 0.4) is 0 Å². The summed E-state index contributed by atoms with van der Waals surface area (Å²) in [6.45, 7) is 1.36. The van der Waals surface area contributed by atoms with Crippen molar-refractivity contribution in [2.75, 3.05) is 18.3 Å². The van der Waals surface area contributed by atoms with Gasteiger partial charge in [-0.05, 0) is 18.6 Å². The Labute approximate surface area is 97.9 Å². The van der Waals surface area contributed by atoms with E-state index in [-0.39, 0.29) is 24.9 Å². The topological polar surface area (TPSA) is 38.8 Å². The molecule has 0 saturated heterocycles. The van der Waals surface area contributed by atoms with Crippen molar-refractivity contribution in [3.8, 4) is 18.1 Å². The van der Waals surface area contributed by atoms with Crippen molar-refractivity contribution >= 4 is 11.6 Å². The first-order valence-corrected chi connectivity index (χ1v) is 4.95. The fourth-order valence-corrected chi connectivity index (χ4v) is 1.50. The zero-order valence-electron chi connectivity index (χ0n) is 9.20.